The van der Waals surface area contributed by atoms with E-state index in [4.69, 9.17) is 27.9 Å². The minimum atomic E-state index is -0.458. The lowest BCUT2D eigenvalue weighted by atomic mass is 9.85. The molecule has 33 heavy (non-hydrogen) atoms. The monoisotopic (exact) mass is 495 g/mol. The molecule has 0 saturated carbocycles. The number of likely N-dealkylation sites (tertiary alicyclic amines) is 2. The van der Waals surface area contributed by atoms with Gasteiger partial charge in [0.1, 0.15) is 0 Å². The third-order valence-corrected chi connectivity index (χ3v) is 7.41. The first-order valence-corrected chi connectivity index (χ1v) is 11.9. The molecule has 2 fully saturated rings. The van der Waals surface area contributed by atoms with Crippen LogP contribution in [0.5, 0.6) is 0 Å². The Morgan fingerprint density at radius 3 is 1.79 bits per heavy atom. The lowest BCUT2D eigenvalue weighted by Crippen LogP contribution is -2.49. The lowest BCUT2D eigenvalue weighted by molar-refractivity contribution is -0.145. The molecule has 4 atom stereocenters. The summed E-state index contributed by atoms with van der Waals surface area (Å²) in [6, 6.07) is 0. The average Bonchev–Trinajstić information content (AvgIpc) is 3.16. The SMILES string of the molecule is C=CCOCCN(CN1C(=O)[C@H]2CC=C(Cl)C[C@@H]2C1=O)CN1C(=O)[C@H]2CC(Cl)=CC[C@H]2C1=O. The van der Waals surface area contributed by atoms with Gasteiger partial charge in [-0.05, 0) is 25.7 Å². The van der Waals surface area contributed by atoms with Crippen LogP contribution in [0, 0.1) is 23.7 Å². The molecular formula is C23H27Cl2N3O5. The molecule has 2 saturated heterocycles. The lowest BCUT2D eigenvalue weighted by Gasteiger charge is -2.30. The summed E-state index contributed by atoms with van der Waals surface area (Å²) in [7, 11) is 0. The van der Waals surface area contributed by atoms with Crippen LogP contribution in [0.1, 0.15) is 25.7 Å². The van der Waals surface area contributed by atoms with Crippen LogP contribution in [-0.2, 0) is 23.9 Å². The second-order valence-electron chi connectivity index (χ2n) is 8.86. The van der Waals surface area contributed by atoms with Crippen molar-refractivity contribution in [1.29, 1.82) is 0 Å². The van der Waals surface area contributed by atoms with E-state index in [9.17, 15) is 19.2 Å². The van der Waals surface area contributed by atoms with Gasteiger partial charge >= 0.3 is 0 Å². The Labute approximate surface area is 202 Å². The number of halogens is 2. The molecule has 0 aromatic carbocycles. The number of carbonyl (C=O) groups is 4. The van der Waals surface area contributed by atoms with Crippen molar-refractivity contribution >= 4 is 46.8 Å². The van der Waals surface area contributed by atoms with Gasteiger partial charge in [-0.1, -0.05) is 41.4 Å². The number of nitrogens with zero attached hydrogens (tertiary/aromatic N) is 3. The third-order valence-electron chi connectivity index (χ3n) is 6.79. The quantitative estimate of drug-likeness (QED) is 0.277. The van der Waals surface area contributed by atoms with Gasteiger partial charge < -0.3 is 4.74 Å². The second kappa shape index (κ2) is 10.1. The largest absolute Gasteiger partial charge is 0.376 e. The molecule has 0 radical (unpaired) electrons. The predicted octanol–water partition coefficient (Wildman–Crippen LogP) is 2.44. The van der Waals surface area contributed by atoms with Gasteiger partial charge in [-0.15, -0.1) is 6.58 Å². The fraction of sp³-hybridized carbons (Fsp3) is 0.565. The van der Waals surface area contributed by atoms with Gasteiger partial charge in [0, 0.05) is 16.6 Å². The first-order valence-electron chi connectivity index (χ1n) is 11.1. The Morgan fingerprint density at radius 2 is 1.33 bits per heavy atom. The number of carbonyl (C=O) groups excluding carboxylic acids is 4. The maximum atomic E-state index is 13.0. The Morgan fingerprint density at radius 1 is 0.879 bits per heavy atom. The molecule has 0 spiro atoms. The van der Waals surface area contributed by atoms with Crippen LogP contribution in [0.4, 0.5) is 0 Å². The number of allylic oxidation sites excluding steroid dienone is 4. The van der Waals surface area contributed by atoms with Gasteiger partial charge in [0.2, 0.25) is 23.6 Å². The van der Waals surface area contributed by atoms with E-state index in [0.29, 0.717) is 55.5 Å². The summed E-state index contributed by atoms with van der Waals surface area (Å²) in [5, 5.41) is 1.19. The highest BCUT2D eigenvalue weighted by molar-refractivity contribution is 6.30. The summed E-state index contributed by atoms with van der Waals surface area (Å²) in [5.74, 6) is -2.76. The minimum absolute atomic E-state index is 0.0227. The highest BCUT2D eigenvalue weighted by Gasteiger charge is 2.51. The predicted molar refractivity (Wildman–Crippen MR) is 121 cm³/mol. The fourth-order valence-corrected chi connectivity index (χ4v) is 5.53. The van der Waals surface area contributed by atoms with Crippen LogP contribution >= 0.6 is 23.2 Å². The molecule has 0 aromatic heterocycles. The van der Waals surface area contributed by atoms with Crippen molar-refractivity contribution in [3.63, 3.8) is 0 Å². The van der Waals surface area contributed by atoms with E-state index >= 15 is 0 Å². The molecule has 4 amide bonds. The van der Waals surface area contributed by atoms with Crippen LogP contribution in [0.2, 0.25) is 0 Å². The molecule has 0 bridgehead atoms. The van der Waals surface area contributed by atoms with Crippen LogP contribution in [0.15, 0.2) is 34.9 Å². The first-order chi connectivity index (χ1) is 15.8. The smallest absolute Gasteiger partial charge is 0.234 e. The van der Waals surface area contributed by atoms with Gasteiger partial charge in [-0.3, -0.25) is 33.9 Å². The van der Waals surface area contributed by atoms with Gasteiger partial charge in [0.15, 0.2) is 0 Å². The van der Waals surface area contributed by atoms with E-state index in [1.165, 1.54) is 9.80 Å². The van der Waals surface area contributed by atoms with Gasteiger partial charge in [0.05, 0.1) is 50.2 Å². The normalized spacial score (nSPS) is 29.4. The maximum Gasteiger partial charge on any atom is 0.234 e. The molecule has 178 valence electrons. The zero-order chi connectivity index (χ0) is 23.7. The maximum absolute atomic E-state index is 13.0. The standard InChI is InChI=1S/C23H27Cl2N3O5/c1-2-8-33-9-7-26(12-27-20(29)16-5-3-14(24)10-18(16)22(27)31)13-28-21(30)17-6-4-15(25)11-19(17)23(28)32/h2-4,16-19H,1,5-13H2/t16-,17+,18-,19-/m0/s1. The zero-order valence-electron chi connectivity index (χ0n) is 18.3. The van der Waals surface area contributed by atoms with E-state index < -0.39 is 23.7 Å². The topological polar surface area (TPSA) is 87.2 Å². The van der Waals surface area contributed by atoms with Crippen LogP contribution in [-0.4, -0.2) is 71.4 Å². The molecule has 2 heterocycles. The Balaban J connectivity index is 1.47. The summed E-state index contributed by atoms with van der Waals surface area (Å²) < 4.78 is 5.48. The molecule has 10 heteroatoms. The van der Waals surface area contributed by atoms with Gasteiger partial charge in [-0.25, -0.2) is 0 Å². The van der Waals surface area contributed by atoms with Crippen molar-refractivity contribution in [2.75, 3.05) is 33.1 Å². The van der Waals surface area contributed by atoms with Crippen molar-refractivity contribution in [2.24, 2.45) is 23.7 Å². The zero-order valence-corrected chi connectivity index (χ0v) is 19.8. The first kappa shape index (κ1) is 24.1. The van der Waals surface area contributed by atoms with E-state index in [0.717, 1.165) is 0 Å². The highest BCUT2D eigenvalue weighted by atomic mass is 35.5. The van der Waals surface area contributed by atoms with Gasteiger partial charge in [0.25, 0.3) is 0 Å². The number of fused-ring (bicyclic) bond motifs is 2. The minimum Gasteiger partial charge on any atom is -0.376 e. The molecule has 4 rings (SSSR count). The number of hydrogen-bond acceptors (Lipinski definition) is 6. The summed E-state index contributed by atoms with van der Waals surface area (Å²) in [5.41, 5.74) is 0. The third kappa shape index (κ3) is 4.80. The summed E-state index contributed by atoms with van der Waals surface area (Å²) in [6.07, 6.45) is 6.79. The number of amides is 4. The second-order valence-corrected chi connectivity index (χ2v) is 9.83. The van der Waals surface area contributed by atoms with E-state index in [-0.39, 0.29) is 37.0 Å². The van der Waals surface area contributed by atoms with Crippen molar-refractivity contribution in [3.05, 3.63) is 34.9 Å². The number of ether oxygens (including phenoxy) is 1. The molecule has 2 aliphatic heterocycles. The molecule has 2 aliphatic carbocycles. The number of hydrogen-bond donors (Lipinski definition) is 0. The van der Waals surface area contributed by atoms with E-state index in [1.54, 1.807) is 23.1 Å². The molecule has 8 nitrogen and oxygen atoms in total. The van der Waals surface area contributed by atoms with Crippen LogP contribution in [0.25, 0.3) is 0 Å². The average molecular weight is 496 g/mol. The summed E-state index contributed by atoms with van der Waals surface area (Å²) >= 11 is 12.2. The summed E-state index contributed by atoms with van der Waals surface area (Å²) in [6.45, 7) is 4.53. The Bertz CT molecular complexity index is 867. The van der Waals surface area contributed by atoms with Crippen LogP contribution < -0.4 is 0 Å². The van der Waals surface area contributed by atoms with Crippen molar-refractivity contribution < 1.29 is 23.9 Å². The van der Waals surface area contributed by atoms with Gasteiger partial charge in [-0.2, -0.15) is 0 Å². The molecule has 0 unspecified atom stereocenters. The van der Waals surface area contributed by atoms with Crippen LogP contribution in [0.3, 0.4) is 0 Å². The van der Waals surface area contributed by atoms with Crippen molar-refractivity contribution in [2.45, 2.75) is 25.7 Å². The summed E-state index contributed by atoms with van der Waals surface area (Å²) in [4.78, 5) is 56.1. The molecule has 0 N–H and O–H groups in total. The van der Waals surface area contributed by atoms with Crippen molar-refractivity contribution in [3.8, 4) is 0 Å². The highest BCUT2D eigenvalue weighted by Crippen LogP contribution is 2.40. The molecule has 0 aromatic rings. The fourth-order valence-electron chi connectivity index (χ4n) is 5.02. The Hall–Kier alpha value is -2.00. The molecule has 4 aliphatic rings. The number of imide groups is 2. The van der Waals surface area contributed by atoms with Crippen molar-refractivity contribution in [1.82, 2.24) is 14.7 Å². The van der Waals surface area contributed by atoms with E-state index in [1.807, 2.05) is 0 Å². The Kier molecular flexibility index (Phi) is 7.38. The number of rotatable bonds is 9. The van der Waals surface area contributed by atoms with E-state index in [2.05, 4.69) is 6.58 Å². The molecular weight excluding hydrogens is 469 g/mol.